The molecule has 1 atom stereocenters. The van der Waals surface area contributed by atoms with Crippen LogP contribution < -0.4 is 15.5 Å². The highest BCUT2D eigenvalue weighted by molar-refractivity contribution is 14.0. The Morgan fingerprint density at radius 2 is 2.14 bits per heavy atom. The fourth-order valence-corrected chi connectivity index (χ4v) is 3.41. The largest absolute Gasteiger partial charge is 0.357 e. The second kappa shape index (κ2) is 11.4. The lowest BCUT2D eigenvalue weighted by Crippen LogP contribution is -2.44. The summed E-state index contributed by atoms with van der Waals surface area (Å²) in [4.78, 5) is 10.8. The number of aliphatic imine (C=N–C) groups is 1. The molecule has 0 aliphatic carbocycles. The number of halogens is 3. The number of hydrogen-bond donors (Lipinski definition) is 2. The van der Waals surface area contributed by atoms with Crippen LogP contribution in [0.4, 0.5) is 10.2 Å². The van der Waals surface area contributed by atoms with Crippen molar-refractivity contribution in [1.82, 2.24) is 15.6 Å². The monoisotopic (exact) mass is 517 g/mol. The maximum atomic E-state index is 13.9. The van der Waals surface area contributed by atoms with E-state index in [1.54, 1.807) is 12.3 Å². The molecule has 1 aromatic carbocycles. The number of benzene rings is 1. The molecule has 1 aromatic heterocycles. The van der Waals surface area contributed by atoms with Crippen molar-refractivity contribution in [2.75, 3.05) is 31.1 Å². The Kier molecular flexibility index (Phi) is 9.24. The van der Waals surface area contributed by atoms with E-state index in [9.17, 15) is 4.39 Å². The van der Waals surface area contributed by atoms with E-state index in [1.807, 2.05) is 36.1 Å². The van der Waals surface area contributed by atoms with Crippen molar-refractivity contribution in [3.8, 4) is 0 Å². The molecule has 28 heavy (non-hydrogen) atoms. The average Bonchev–Trinajstić information content (AvgIpc) is 3.12. The number of hydrogen-bond acceptors (Lipinski definition) is 3. The highest BCUT2D eigenvalue weighted by atomic mass is 127. The first kappa shape index (κ1) is 22.7. The third kappa shape index (κ3) is 6.20. The van der Waals surface area contributed by atoms with Gasteiger partial charge in [-0.15, -0.1) is 24.0 Å². The zero-order chi connectivity index (χ0) is 19.1. The molecule has 3 rings (SSSR count). The van der Waals surface area contributed by atoms with Crippen LogP contribution in [-0.2, 0) is 6.42 Å². The van der Waals surface area contributed by atoms with Gasteiger partial charge in [0.25, 0.3) is 0 Å². The number of guanidine groups is 1. The quantitative estimate of drug-likeness (QED) is 0.347. The molecule has 5 nitrogen and oxygen atoms in total. The summed E-state index contributed by atoms with van der Waals surface area (Å²) < 4.78 is 13.9. The van der Waals surface area contributed by atoms with Crippen molar-refractivity contribution < 1.29 is 4.39 Å². The summed E-state index contributed by atoms with van der Waals surface area (Å²) in [6, 6.07) is 11.1. The summed E-state index contributed by atoms with van der Waals surface area (Å²) in [7, 11) is 0. The van der Waals surface area contributed by atoms with Crippen LogP contribution in [0.3, 0.4) is 0 Å². The zero-order valence-corrected chi connectivity index (χ0v) is 19.0. The van der Waals surface area contributed by atoms with Crippen molar-refractivity contribution in [1.29, 1.82) is 0 Å². The number of rotatable bonds is 6. The fourth-order valence-electron chi connectivity index (χ4n) is 3.18. The molecule has 152 valence electrons. The molecule has 1 saturated heterocycles. The molecule has 0 bridgehead atoms. The van der Waals surface area contributed by atoms with Gasteiger partial charge in [-0.05, 0) is 43.5 Å². The Hall–Kier alpha value is -1.61. The van der Waals surface area contributed by atoms with Gasteiger partial charge in [0.05, 0.1) is 0 Å². The molecule has 0 saturated carbocycles. The molecule has 2 aromatic rings. The van der Waals surface area contributed by atoms with Gasteiger partial charge in [0.15, 0.2) is 17.6 Å². The summed E-state index contributed by atoms with van der Waals surface area (Å²) in [5, 5.41) is 7.50. The lowest BCUT2D eigenvalue weighted by atomic mass is 10.1. The van der Waals surface area contributed by atoms with Crippen molar-refractivity contribution in [2.24, 2.45) is 4.99 Å². The van der Waals surface area contributed by atoms with E-state index in [0.717, 1.165) is 42.5 Å². The first-order valence-electron chi connectivity index (χ1n) is 9.31. The van der Waals surface area contributed by atoms with Crippen LogP contribution in [0.15, 0.2) is 47.6 Å². The molecular weight excluding hydrogens is 492 g/mol. The minimum atomic E-state index is -0.279. The standard InChI is InChI=1S/C20H25ClFN5.HI/c1-2-23-20(25-12-9-15-6-3-4-7-17(15)21)26-16-10-13-27(14-16)19-18(22)8-5-11-24-19;/h3-8,11,16H,2,9-10,12-14H2,1H3,(H2,23,25,26);1H. The molecule has 1 aliphatic rings. The average molecular weight is 518 g/mol. The number of pyridine rings is 1. The first-order valence-corrected chi connectivity index (χ1v) is 9.69. The van der Waals surface area contributed by atoms with Crippen LogP contribution in [0.1, 0.15) is 18.9 Å². The summed E-state index contributed by atoms with van der Waals surface area (Å²) in [5.74, 6) is 0.916. The molecule has 0 spiro atoms. The van der Waals surface area contributed by atoms with Crippen LogP contribution in [-0.4, -0.2) is 43.2 Å². The third-order valence-corrected chi connectivity index (χ3v) is 4.89. The second-order valence-electron chi connectivity index (χ2n) is 6.49. The fraction of sp³-hybridized carbons (Fsp3) is 0.400. The molecule has 0 radical (unpaired) electrons. The highest BCUT2D eigenvalue weighted by Gasteiger charge is 2.25. The highest BCUT2D eigenvalue weighted by Crippen LogP contribution is 2.20. The molecule has 1 aliphatic heterocycles. The lowest BCUT2D eigenvalue weighted by molar-refractivity contribution is 0.612. The first-order chi connectivity index (χ1) is 13.2. The maximum absolute atomic E-state index is 13.9. The lowest BCUT2D eigenvalue weighted by Gasteiger charge is -2.20. The van der Waals surface area contributed by atoms with Crippen molar-refractivity contribution in [2.45, 2.75) is 25.8 Å². The SMILES string of the molecule is CCNC(=NCCc1ccccc1Cl)NC1CCN(c2ncccc2F)C1.I. The van der Waals surface area contributed by atoms with Gasteiger partial charge in [-0.1, -0.05) is 29.8 Å². The van der Waals surface area contributed by atoms with Crippen LogP contribution in [0, 0.1) is 5.82 Å². The van der Waals surface area contributed by atoms with Gasteiger partial charge in [0.1, 0.15) is 0 Å². The summed E-state index contributed by atoms with van der Waals surface area (Å²) in [5.41, 5.74) is 1.09. The maximum Gasteiger partial charge on any atom is 0.191 e. The Balaban J connectivity index is 0.00000280. The van der Waals surface area contributed by atoms with Crippen molar-refractivity contribution in [3.63, 3.8) is 0 Å². The van der Waals surface area contributed by atoms with Gasteiger partial charge < -0.3 is 15.5 Å². The van der Waals surface area contributed by atoms with Crippen LogP contribution in [0.5, 0.6) is 0 Å². The third-order valence-electron chi connectivity index (χ3n) is 4.52. The molecule has 8 heteroatoms. The van der Waals surface area contributed by atoms with Crippen LogP contribution in [0.25, 0.3) is 0 Å². The van der Waals surface area contributed by atoms with E-state index in [1.165, 1.54) is 6.07 Å². The van der Waals surface area contributed by atoms with Crippen LogP contribution >= 0.6 is 35.6 Å². The molecule has 2 N–H and O–H groups in total. The summed E-state index contributed by atoms with van der Waals surface area (Å²) in [6.45, 7) is 4.93. The predicted molar refractivity (Wildman–Crippen MR) is 124 cm³/mol. The molecule has 2 heterocycles. The number of aromatic nitrogens is 1. The smallest absolute Gasteiger partial charge is 0.191 e. The Bertz CT molecular complexity index is 789. The van der Waals surface area contributed by atoms with Crippen molar-refractivity contribution >= 4 is 47.4 Å². The minimum absolute atomic E-state index is 0. The zero-order valence-electron chi connectivity index (χ0n) is 15.9. The van der Waals surface area contributed by atoms with Gasteiger partial charge >= 0.3 is 0 Å². The Morgan fingerprint density at radius 3 is 2.89 bits per heavy atom. The molecular formula is C20H26ClFIN5. The van der Waals surface area contributed by atoms with E-state index >= 15 is 0 Å². The minimum Gasteiger partial charge on any atom is -0.357 e. The second-order valence-corrected chi connectivity index (χ2v) is 6.89. The van der Waals surface area contributed by atoms with Gasteiger partial charge in [-0.2, -0.15) is 0 Å². The van der Waals surface area contributed by atoms with E-state index in [2.05, 4.69) is 20.6 Å². The van der Waals surface area contributed by atoms with E-state index < -0.39 is 0 Å². The predicted octanol–water partition coefficient (Wildman–Crippen LogP) is 3.87. The van der Waals surface area contributed by atoms with E-state index in [4.69, 9.17) is 11.6 Å². The number of nitrogens with one attached hydrogen (secondary N) is 2. The molecule has 1 fully saturated rings. The number of nitrogens with zero attached hydrogens (tertiary/aromatic N) is 3. The Labute approximate surface area is 187 Å². The normalized spacial score (nSPS) is 16.6. The van der Waals surface area contributed by atoms with E-state index in [0.29, 0.717) is 18.9 Å². The van der Waals surface area contributed by atoms with Crippen molar-refractivity contribution in [3.05, 3.63) is 59.0 Å². The topological polar surface area (TPSA) is 52.6 Å². The van der Waals surface area contributed by atoms with Gasteiger partial charge in [0, 0.05) is 43.4 Å². The Morgan fingerprint density at radius 1 is 1.32 bits per heavy atom. The van der Waals surface area contributed by atoms with E-state index in [-0.39, 0.29) is 35.8 Å². The van der Waals surface area contributed by atoms with Gasteiger partial charge in [-0.25, -0.2) is 9.37 Å². The summed E-state index contributed by atoms with van der Waals surface area (Å²) in [6.07, 6.45) is 3.32. The molecule has 0 amide bonds. The number of anilines is 1. The van der Waals surface area contributed by atoms with Gasteiger partial charge in [-0.3, -0.25) is 4.99 Å². The molecule has 1 unspecified atom stereocenters. The summed E-state index contributed by atoms with van der Waals surface area (Å²) >= 11 is 6.20. The van der Waals surface area contributed by atoms with Crippen LogP contribution in [0.2, 0.25) is 5.02 Å². The van der Waals surface area contributed by atoms with Gasteiger partial charge in [0.2, 0.25) is 0 Å².